The first-order valence-electron chi connectivity index (χ1n) is 9.65. The Morgan fingerprint density at radius 2 is 1.42 bits per heavy atom. The molecule has 0 spiro atoms. The predicted octanol–water partition coefficient (Wildman–Crippen LogP) is -3.40. The van der Waals surface area contributed by atoms with Crippen molar-refractivity contribution in [2.45, 2.75) is 37.0 Å². The molecule has 0 saturated heterocycles. The van der Waals surface area contributed by atoms with Gasteiger partial charge in [0.2, 0.25) is 23.6 Å². The van der Waals surface area contributed by atoms with Crippen molar-refractivity contribution in [1.82, 2.24) is 16.0 Å². The lowest BCUT2D eigenvalue weighted by atomic mass is 10.1. The van der Waals surface area contributed by atoms with E-state index in [1.165, 1.54) is 12.1 Å². The number of thiol groups is 1. The van der Waals surface area contributed by atoms with E-state index in [0.29, 0.717) is 5.56 Å². The molecule has 0 aromatic heterocycles. The van der Waals surface area contributed by atoms with Gasteiger partial charge in [0.25, 0.3) is 0 Å². The number of nitrogens with two attached hydrogens (primary N) is 2. The second kappa shape index (κ2) is 13.2. The highest BCUT2D eigenvalue weighted by molar-refractivity contribution is 7.80. The quantitative estimate of drug-likeness (QED) is 0.126. The molecule has 0 aliphatic carbocycles. The number of aliphatic carboxylic acids is 1. The lowest BCUT2D eigenvalue weighted by molar-refractivity contribution is -0.143. The maximum absolute atomic E-state index is 12.6. The van der Waals surface area contributed by atoms with Gasteiger partial charge in [-0.15, -0.1) is 0 Å². The molecule has 4 unspecified atom stereocenters. The van der Waals surface area contributed by atoms with Gasteiger partial charge in [0.15, 0.2) is 0 Å². The number of carbonyl (C=O) groups excluding carboxylic acids is 4. The van der Waals surface area contributed by atoms with Gasteiger partial charge >= 0.3 is 5.97 Å². The molecule has 0 fully saturated rings. The molecule has 4 amide bonds. The van der Waals surface area contributed by atoms with Crippen LogP contribution in [0.2, 0.25) is 0 Å². The highest BCUT2D eigenvalue weighted by Crippen LogP contribution is 2.11. The zero-order valence-electron chi connectivity index (χ0n) is 17.4. The van der Waals surface area contributed by atoms with Gasteiger partial charge in [-0.3, -0.25) is 19.2 Å². The zero-order chi connectivity index (χ0) is 25.1. The highest BCUT2D eigenvalue weighted by Gasteiger charge is 2.30. The van der Waals surface area contributed by atoms with Crippen molar-refractivity contribution in [2.75, 3.05) is 12.4 Å². The van der Waals surface area contributed by atoms with Crippen LogP contribution < -0.4 is 27.4 Å². The summed E-state index contributed by atoms with van der Waals surface area (Å²) in [5, 5.41) is 33.8. The molecule has 1 aromatic carbocycles. The molecule has 4 atom stereocenters. The van der Waals surface area contributed by atoms with Crippen molar-refractivity contribution in [3.05, 3.63) is 29.8 Å². The Balaban J connectivity index is 2.81. The number of benzene rings is 1. The minimum absolute atomic E-state index is 0.0480. The Labute approximate surface area is 194 Å². The number of phenolic OH excluding ortho intramolecular Hbond substituents is 1. The van der Waals surface area contributed by atoms with E-state index in [1.807, 2.05) is 5.32 Å². The number of hydrogen-bond acceptors (Lipinski definition) is 9. The Hall–Kier alpha value is -3.36. The van der Waals surface area contributed by atoms with Crippen molar-refractivity contribution in [2.24, 2.45) is 11.5 Å². The second-order valence-electron chi connectivity index (χ2n) is 7.03. The van der Waals surface area contributed by atoms with Gasteiger partial charge in [0.05, 0.1) is 19.1 Å². The number of carbonyl (C=O) groups is 5. The third-order valence-electron chi connectivity index (χ3n) is 4.38. The van der Waals surface area contributed by atoms with Crippen molar-refractivity contribution < 1.29 is 39.3 Å². The molecule has 13 nitrogen and oxygen atoms in total. The monoisotopic (exact) mass is 485 g/mol. The van der Waals surface area contributed by atoms with Crippen LogP contribution in [0.5, 0.6) is 5.75 Å². The predicted molar refractivity (Wildman–Crippen MR) is 118 cm³/mol. The normalized spacial score (nSPS) is 14.3. The van der Waals surface area contributed by atoms with Gasteiger partial charge in [-0.2, -0.15) is 12.6 Å². The second-order valence-corrected chi connectivity index (χ2v) is 7.40. The molecule has 0 aliphatic heterocycles. The molecule has 0 heterocycles. The van der Waals surface area contributed by atoms with Crippen LogP contribution in [0, 0.1) is 0 Å². The van der Waals surface area contributed by atoms with E-state index in [4.69, 9.17) is 21.7 Å². The molecule has 14 heteroatoms. The molecule has 0 bridgehead atoms. The maximum atomic E-state index is 12.6. The fraction of sp³-hybridized carbons (Fsp3) is 0.421. The van der Waals surface area contributed by atoms with Gasteiger partial charge in [0, 0.05) is 5.75 Å². The number of carboxylic acids is 1. The summed E-state index contributed by atoms with van der Waals surface area (Å²) in [5.74, 6) is -5.30. The van der Waals surface area contributed by atoms with Gasteiger partial charge in [-0.1, -0.05) is 12.1 Å². The first-order valence-corrected chi connectivity index (χ1v) is 10.3. The summed E-state index contributed by atoms with van der Waals surface area (Å²) in [5.41, 5.74) is 11.6. The number of nitrogens with one attached hydrogen (secondary N) is 3. The third-order valence-corrected chi connectivity index (χ3v) is 4.74. The number of aliphatic hydroxyl groups excluding tert-OH is 1. The van der Waals surface area contributed by atoms with Crippen LogP contribution in [0.25, 0.3) is 0 Å². The minimum atomic E-state index is -1.66. The number of aliphatic hydroxyl groups is 1. The fourth-order valence-electron chi connectivity index (χ4n) is 2.59. The van der Waals surface area contributed by atoms with Crippen LogP contribution in [0.15, 0.2) is 24.3 Å². The standard InChI is InChI=1S/C19H27N5O8S/c20-11(5-9-1-3-10(26)4-2-9)16(28)24-14(8-33)18(30)22-12(6-15(21)27)17(29)23-13(7-25)19(31)32/h1-4,11-14,25-26,33H,5-8,20H2,(H2,21,27)(H,22,30)(H,23,29)(H,24,28)(H,31,32). The van der Waals surface area contributed by atoms with Crippen molar-refractivity contribution in [1.29, 1.82) is 0 Å². The molecular formula is C19H27N5O8S. The van der Waals surface area contributed by atoms with Crippen LogP contribution in [-0.2, 0) is 30.4 Å². The number of aromatic hydroxyl groups is 1. The molecule has 1 aromatic rings. The van der Waals surface area contributed by atoms with E-state index < -0.39 is 66.8 Å². The molecule has 1 rings (SSSR count). The number of primary amides is 1. The van der Waals surface area contributed by atoms with E-state index in [0.717, 1.165) is 0 Å². The Morgan fingerprint density at radius 1 is 0.909 bits per heavy atom. The van der Waals surface area contributed by atoms with Gasteiger partial charge in [-0.05, 0) is 24.1 Å². The number of carboxylic acid groups (broad SMARTS) is 1. The first kappa shape index (κ1) is 27.7. The smallest absolute Gasteiger partial charge is 0.328 e. The summed E-state index contributed by atoms with van der Waals surface area (Å²) in [6.45, 7) is -0.924. The summed E-state index contributed by atoms with van der Waals surface area (Å²) in [7, 11) is 0. The summed E-state index contributed by atoms with van der Waals surface area (Å²) in [6.07, 6.45) is -0.555. The van der Waals surface area contributed by atoms with E-state index in [9.17, 15) is 29.1 Å². The summed E-state index contributed by atoms with van der Waals surface area (Å²) in [4.78, 5) is 59.6. The number of amides is 4. The molecule has 10 N–H and O–H groups in total. The number of hydrogen-bond donors (Lipinski definition) is 9. The number of phenols is 1. The molecule has 0 saturated carbocycles. The lowest BCUT2D eigenvalue weighted by Crippen LogP contribution is -2.58. The van der Waals surface area contributed by atoms with Crippen LogP contribution in [-0.4, -0.2) is 81.4 Å². The van der Waals surface area contributed by atoms with Crippen molar-refractivity contribution in [3.8, 4) is 5.75 Å². The Morgan fingerprint density at radius 3 is 1.91 bits per heavy atom. The summed E-state index contributed by atoms with van der Waals surface area (Å²) >= 11 is 4.00. The van der Waals surface area contributed by atoms with Crippen LogP contribution >= 0.6 is 12.6 Å². The van der Waals surface area contributed by atoms with Gasteiger partial charge < -0.3 is 42.7 Å². The molecular weight excluding hydrogens is 458 g/mol. The van der Waals surface area contributed by atoms with Crippen LogP contribution in [0.3, 0.4) is 0 Å². The van der Waals surface area contributed by atoms with E-state index in [1.54, 1.807) is 12.1 Å². The average molecular weight is 486 g/mol. The van der Waals surface area contributed by atoms with Crippen molar-refractivity contribution >= 4 is 42.2 Å². The lowest BCUT2D eigenvalue weighted by Gasteiger charge is -2.23. The van der Waals surface area contributed by atoms with Crippen LogP contribution in [0.4, 0.5) is 0 Å². The molecule has 0 aliphatic rings. The topological polar surface area (TPSA) is 234 Å². The largest absolute Gasteiger partial charge is 0.508 e. The van der Waals surface area contributed by atoms with E-state index in [-0.39, 0.29) is 17.9 Å². The molecule has 182 valence electrons. The van der Waals surface area contributed by atoms with Gasteiger partial charge in [0.1, 0.15) is 23.9 Å². The minimum Gasteiger partial charge on any atom is -0.508 e. The SMILES string of the molecule is NC(=O)CC(NC(=O)C(CS)NC(=O)C(N)Cc1ccc(O)cc1)C(=O)NC(CO)C(=O)O. The molecule has 0 radical (unpaired) electrons. The van der Waals surface area contributed by atoms with Crippen molar-refractivity contribution in [3.63, 3.8) is 0 Å². The van der Waals surface area contributed by atoms with Gasteiger partial charge in [-0.25, -0.2) is 4.79 Å². The third kappa shape index (κ3) is 9.34. The number of rotatable bonds is 13. The average Bonchev–Trinajstić information content (AvgIpc) is 2.75. The van der Waals surface area contributed by atoms with E-state index in [2.05, 4.69) is 23.3 Å². The van der Waals surface area contributed by atoms with E-state index >= 15 is 0 Å². The zero-order valence-corrected chi connectivity index (χ0v) is 18.3. The maximum Gasteiger partial charge on any atom is 0.328 e. The Bertz CT molecular complexity index is 866. The molecule has 33 heavy (non-hydrogen) atoms. The summed E-state index contributed by atoms with van der Waals surface area (Å²) in [6, 6.07) is 0.498. The Kier molecular flexibility index (Phi) is 11.1. The fourth-order valence-corrected chi connectivity index (χ4v) is 2.85. The first-order chi connectivity index (χ1) is 15.5. The summed E-state index contributed by atoms with van der Waals surface area (Å²) < 4.78 is 0. The highest BCUT2D eigenvalue weighted by atomic mass is 32.1. The van der Waals surface area contributed by atoms with Crippen LogP contribution in [0.1, 0.15) is 12.0 Å².